The molecule has 0 saturated heterocycles. The number of amides is 1. The summed E-state index contributed by atoms with van der Waals surface area (Å²) in [5.41, 5.74) is 1.73. The number of carbonyl (C=O) groups is 2. The lowest BCUT2D eigenvalue weighted by Gasteiger charge is -2.24. The number of nitrogens with one attached hydrogen (secondary N) is 1. The minimum atomic E-state index is -0.734. The number of allylic oxidation sites excluding steroid dienone is 1. The number of pyridine rings is 1. The maximum absolute atomic E-state index is 13.4. The van der Waals surface area contributed by atoms with Crippen molar-refractivity contribution >= 4 is 23.1 Å². The molecule has 0 saturated carbocycles. The molecule has 0 unspecified atom stereocenters. The quantitative estimate of drug-likeness (QED) is 0.156. The number of fused-ring (bicyclic) bond motifs is 1. The average molecular weight is 588 g/mol. The number of imidazole rings is 1. The zero-order valence-electron chi connectivity index (χ0n) is 26.0. The Labute approximate surface area is 252 Å². The maximum Gasteiger partial charge on any atom is 0.420 e. The number of aromatic nitrogens is 4. The number of ether oxygens (including phenoxy) is 2. The highest BCUT2D eigenvalue weighted by Crippen LogP contribution is 2.28. The monoisotopic (exact) mass is 587 g/mol. The topological polar surface area (TPSA) is 121 Å². The Hall–Kier alpha value is -4.47. The van der Waals surface area contributed by atoms with Crippen LogP contribution < -0.4 is 5.32 Å². The van der Waals surface area contributed by atoms with Crippen LogP contribution in [-0.2, 0) is 15.9 Å². The number of hydrogen-bond acceptors (Lipinski definition) is 8. The number of oxazole rings is 1. The maximum atomic E-state index is 13.4. The normalized spacial score (nSPS) is 12.9. The molecule has 0 bridgehead atoms. The standard InChI is InChI=1S/C33H41N5O5/c1-22-14-15-23-20-24(16-17-25(23)35-22)27-21-38(31(40)43-33(5,6)7)29(36-27)26(37-30(39)42-32(2,3)4)12-10-8-9-11-13-28-34-18-19-41-28/h8,10,14-21,26H,9,11-13H2,1-7H3,(H,37,39)/b10-8+/t26-/m0/s1. The van der Waals surface area contributed by atoms with Gasteiger partial charge >= 0.3 is 12.2 Å². The van der Waals surface area contributed by atoms with E-state index in [2.05, 4.69) is 15.3 Å². The van der Waals surface area contributed by atoms with Crippen LogP contribution in [0.4, 0.5) is 9.59 Å². The van der Waals surface area contributed by atoms with Crippen molar-refractivity contribution in [1.82, 2.24) is 24.8 Å². The lowest BCUT2D eigenvalue weighted by molar-refractivity contribution is 0.0473. The van der Waals surface area contributed by atoms with Gasteiger partial charge in [0.2, 0.25) is 0 Å². The molecule has 0 radical (unpaired) electrons. The summed E-state index contributed by atoms with van der Waals surface area (Å²) >= 11 is 0. The van der Waals surface area contributed by atoms with Gasteiger partial charge in [0.1, 0.15) is 23.3 Å². The molecule has 4 aromatic rings. The van der Waals surface area contributed by atoms with Gasteiger partial charge in [-0.1, -0.05) is 24.3 Å². The molecular formula is C33H41N5O5. The fraction of sp³-hybridized carbons (Fsp3) is 0.424. The minimum Gasteiger partial charge on any atom is -0.449 e. The fourth-order valence-corrected chi connectivity index (χ4v) is 4.40. The molecule has 1 aromatic carbocycles. The fourth-order valence-electron chi connectivity index (χ4n) is 4.40. The molecular weight excluding hydrogens is 546 g/mol. The molecule has 228 valence electrons. The predicted molar refractivity (Wildman–Crippen MR) is 165 cm³/mol. The summed E-state index contributed by atoms with van der Waals surface area (Å²) in [7, 11) is 0. The van der Waals surface area contributed by atoms with E-state index < -0.39 is 29.4 Å². The molecule has 43 heavy (non-hydrogen) atoms. The third-order valence-electron chi connectivity index (χ3n) is 6.23. The Morgan fingerprint density at radius 3 is 2.49 bits per heavy atom. The Balaban J connectivity index is 1.66. The van der Waals surface area contributed by atoms with E-state index in [1.165, 1.54) is 4.57 Å². The SMILES string of the molecule is Cc1ccc2cc(-c3cn(C(=O)OC(C)(C)C)c([C@H](C/C=C/CCCc4ncco4)NC(=O)OC(C)(C)C)n3)ccc2n1. The van der Waals surface area contributed by atoms with Crippen LogP contribution >= 0.6 is 0 Å². The molecule has 4 rings (SSSR count). The van der Waals surface area contributed by atoms with Crippen molar-refractivity contribution in [2.24, 2.45) is 0 Å². The first-order valence-corrected chi connectivity index (χ1v) is 14.5. The van der Waals surface area contributed by atoms with Crippen LogP contribution in [-0.4, -0.2) is 42.9 Å². The highest BCUT2D eigenvalue weighted by atomic mass is 16.6. The summed E-state index contributed by atoms with van der Waals surface area (Å²) < 4.78 is 18.0. The van der Waals surface area contributed by atoms with Gasteiger partial charge in [0, 0.05) is 29.3 Å². The smallest absolute Gasteiger partial charge is 0.420 e. The summed E-state index contributed by atoms with van der Waals surface area (Å²) in [6.07, 6.45) is 10.4. The molecule has 10 nitrogen and oxygen atoms in total. The molecule has 0 aliphatic heterocycles. The van der Waals surface area contributed by atoms with Crippen molar-refractivity contribution in [2.45, 2.75) is 91.4 Å². The van der Waals surface area contributed by atoms with Crippen LogP contribution in [0.1, 0.15) is 84.3 Å². The number of aryl methyl sites for hydroxylation is 2. The van der Waals surface area contributed by atoms with Gasteiger partial charge in [0.15, 0.2) is 5.89 Å². The van der Waals surface area contributed by atoms with Crippen molar-refractivity contribution in [2.75, 3.05) is 0 Å². The van der Waals surface area contributed by atoms with Crippen LogP contribution in [0.5, 0.6) is 0 Å². The molecule has 3 heterocycles. The van der Waals surface area contributed by atoms with E-state index in [9.17, 15) is 9.59 Å². The van der Waals surface area contributed by atoms with Gasteiger partial charge in [-0.05, 0) is 85.9 Å². The second kappa shape index (κ2) is 13.2. The Kier molecular flexibility index (Phi) is 9.68. The Bertz CT molecular complexity index is 1580. The van der Waals surface area contributed by atoms with Gasteiger partial charge in [0.25, 0.3) is 0 Å². The van der Waals surface area contributed by atoms with E-state index in [0.29, 0.717) is 23.8 Å². The first-order valence-electron chi connectivity index (χ1n) is 14.5. The van der Waals surface area contributed by atoms with Crippen molar-refractivity contribution in [3.63, 3.8) is 0 Å². The summed E-state index contributed by atoms with van der Waals surface area (Å²) in [5.74, 6) is 1.03. The lowest BCUT2D eigenvalue weighted by atomic mass is 10.1. The largest absolute Gasteiger partial charge is 0.449 e. The summed E-state index contributed by atoms with van der Waals surface area (Å²) in [5, 5.41) is 3.87. The van der Waals surface area contributed by atoms with Gasteiger partial charge in [-0.25, -0.2) is 24.1 Å². The first kappa shape index (κ1) is 31.5. The second-order valence-electron chi connectivity index (χ2n) is 12.4. The Morgan fingerprint density at radius 1 is 1.02 bits per heavy atom. The van der Waals surface area contributed by atoms with E-state index in [4.69, 9.17) is 18.9 Å². The summed E-state index contributed by atoms with van der Waals surface area (Å²) in [4.78, 5) is 40.0. The van der Waals surface area contributed by atoms with E-state index in [1.54, 1.807) is 60.2 Å². The first-order chi connectivity index (χ1) is 20.3. The number of alkyl carbamates (subject to hydrolysis) is 1. The van der Waals surface area contributed by atoms with Gasteiger partial charge in [-0.3, -0.25) is 4.98 Å². The molecule has 1 atom stereocenters. The van der Waals surface area contributed by atoms with E-state index in [0.717, 1.165) is 41.4 Å². The average Bonchev–Trinajstić information content (AvgIpc) is 3.58. The highest BCUT2D eigenvalue weighted by Gasteiger charge is 2.28. The van der Waals surface area contributed by atoms with Crippen LogP contribution in [0.15, 0.2) is 65.6 Å². The molecule has 0 aliphatic carbocycles. The lowest BCUT2D eigenvalue weighted by Crippen LogP contribution is -2.37. The van der Waals surface area contributed by atoms with Crippen LogP contribution in [0.3, 0.4) is 0 Å². The Morgan fingerprint density at radius 2 is 1.79 bits per heavy atom. The number of hydrogen-bond donors (Lipinski definition) is 1. The van der Waals surface area contributed by atoms with Gasteiger partial charge < -0.3 is 19.2 Å². The van der Waals surface area contributed by atoms with E-state index >= 15 is 0 Å². The van der Waals surface area contributed by atoms with Crippen molar-refractivity contribution < 1.29 is 23.5 Å². The van der Waals surface area contributed by atoms with Crippen molar-refractivity contribution in [3.8, 4) is 11.3 Å². The molecule has 1 N–H and O–H groups in total. The van der Waals surface area contributed by atoms with Crippen LogP contribution in [0.2, 0.25) is 0 Å². The van der Waals surface area contributed by atoms with Crippen molar-refractivity contribution in [1.29, 1.82) is 0 Å². The third kappa shape index (κ3) is 9.26. The second-order valence-corrected chi connectivity index (χ2v) is 12.4. The molecule has 1 amide bonds. The minimum absolute atomic E-state index is 0.335. The highest BCUT2D eigenvalue weighted by molar-refractivity contribution is 5.84. The zero-order valence-corrected chi connectivity index (χ0v) is 26.0. The van der Waals surface area contributed by atoms with Gasteiger partial charge in [-0.2, -0.15) is 0 Å². The van der Waals surface area contributed by atoms with Crippen LogP contribution in [0, 0.1) is 6.92 Å². The number of rotatable bonds is 9. The molecule has 10 heteroatoms. The van der Waals surface area contributed by atoms with Gasteiger partial charge in [0.05, 0.1) is 23.4 Å². The summed E-state index contributed by atoms with van der Waals surface area (Å²) in [6.45, 7) is 12.8. The molecule has 0 spiro atoms. The van der Waals surface area contributed by atoms with E-state index in [-0.39, 0.29) is 0 Å². The van der Waals surface area contributed by atoms with E-state index in [1.807, 2.05) is 49.4 Å². The number of benzene rings is 1. The van der Waals surface area contributed by atoms with Crippen LogP contribution in [0.25, 0.3) is 22.2 Å². The molecule has 0 aliphatic rings. The third-order valence-corrected chi connectivity index (χ3v) is 6.23. The number of unbranched alkanes of at least 4 members (excludes halogenated alkanes) is 1. The predicted octanol–water partition coefficient (Wildman–Crippen LogP) is 7.71. The van der Waals surface area contributed by atoms with Gasteiger partial charge in [-0.15, -0.1) is 0 Å². The van der Waals surface area contributed by atoms with Crippen molar-refractivity contribution in [3.05, 3.63) is 78.5 Å². The zero-order chi connectivity index (χ0) is 31.2. The molecule has 0 fully saturated rings. The number of carbonyl (C=O) groups excluding carboxylic acids is 2. The number of nitrogens with zero attached hydrogens (tertiary/aromatic N) is 4. The summed E-state index contributed by atoms with van der Waals surface area (Å²) in [6, 6.07) is 9.12. The molecule has 3 aromatic heterocycles.